The number of nitrogens with zero attached hydrogens (tertiary/aromatic N) is 1. The SMILES string of the molecule is CCC(C)c1ccc(NC(N)=NCc2cccc(C(=O)NCC3CCCO3)c2)cc1.I. The number of rotatable bonds is 8. The first-order chi connectivity index (χ1) is 14.5. The van der Waals surface area contributed by atoms with E-state index in [9.17, 15) is 4.79 Å². The molecule has 2 unspecified atom stereocenters. The molecule has 1 saturated heterocycles. The van der Waals surface area contributed by atoms with Gasteiger partial charge in [0.05, 0.1) is 12.6 Å². The van der Waals surface area contributed by atoms with Gasteiger partial charge in [0.25, 0.3) is 5.91 Å². The number of anilines is 1. The highest BCUT2D eigenvalue weighted by molar-refractivity contribution is 14.0. The summed E-state index contributed by atoms with van der Waals surface area (Å²) in [7, 11) is 0. The molecule has 1 aliphatic heterocycles. The van der Waals surface area contributed by atoms with E-state index in [1.165, 1.54) is 5.56 Å². The molecule has 168 valence electrons. The number of hydrogen-bond acceptors (Lipinski definition) is 3. The molecule has 3 rings (SSSR count). The van der Waals surface area contributed by atoms with Crippen LogP contribution >= 0.6 is 24.0 Å². The Hall–Kier alpha value is -2.13. The largest absolute Gasteiger partial charge is 0.376 e. The van der Waals surface area contributed by atoms with E-state index in [0.29, 0.717) is 30.5 Å². The molecule has 1 heterocycles. The standard InChI is InChI=1S/C24H32N4O2.HI/c1-3-17(2)19-9-11-21(12-10-19)28-24(25)27-15-18-6-4-7-20(14-18)23(29)26-16-22-8-5-13-30-22;/h4,6-7,9-12,14,17,22H,3,5,8,13,15-16H2,1-2H3,(H,26,29)(H3,25,27,28);1H. The first-order valence-corrected chi connectivity index (χ1v) is 10.7. The number of hydrogen-bond donors (Lipinski definition) is 3. The molecular formula is C24H33IN4O2. The Morgan fingerprint density at radius 3 is 2.71 bits per heavy atom. The average Bonchev–Trinajstić information content (AvgIpc) is 3.30. The van der Waals surface area contributed by atoms with Gasteiger partial charge in [0.15, 0.2) is 5.96 Å². The van der Waals surface area contributed by atoms with E-state index >= 15 is 0 Å². The molecule has 0 radical (unpaired) electrons. The van der Waals surface area contributed by atoms with E-state index in [-0.39, 0.29) is 36.0 Å². The van der Waals surface area contributed by atoms with Gasteiger partial charge in [0, 0.05) is 24.4 Å². The van der Waals surface area contributed by atoms with Crippen molar-refractivity contribution in [2.24, 2.45) is 10.7 Å². The highest BCUT2D eigenvalue weighted by Gasteiger charge is 2.16. The van der Waals surface area contributed by atoms with Gasteiger partial charge in [-0.25, -0.2) is 4.99 Å². The maximum Gasteiger partial charge on any atom is 0.251 e. The summed E-state index contributed by atoms with van der Waals surface area (Å²) in [5.74, 6) is 0.795. The second-order valence-electron chi connectivity index (χ2n) is 7.80. The predicted octanol–water partition coefficient (Wildman–Crippen LogP) is 4.65. The summed E-state index contributed by atoms with van der Waals surface area (Å²) >= 11 is 0. The maximum absolute atomic E-state index is 12.4. The minimum Gasteiger partial charge on any atom is -0.376 e. The number of amides is 1. The number of aliphatic imine (C=N–C) groups is 1. The van der Waals surface area contributed by atoms with Crippen LogP contribution in [0.2, 0.25) is 0 Å². The fourth-order valence-electron chi connectivity index (χ4n) is 3.42. The lowest BCUT2D eigenvalue weighted by molar-refractivity contribution is 0.0857. The molecule has 4 N–H and O–H groups in total. The number of carbonyl (C=O) groups excluding carboxylic acids is 1. The van der Waals surface area contributed by atoms with Crippen molar-refractivity contribution in [2.45, 2.75) is 51.7 Å². The quantitative estimate of drug-likeness (QED) is 0.260. The van der Waals surface area contributed by atoms with Crippen LogP contribution < -0.4 is 16.4 Å². The van der Waals surface area contributed by atoms with E-state index in [4.69, 9.17) is 10.5 Å². The molecule has 1 aliphatic rings. The molecule has 2 aromatic rings. The van der Waals surface area contributed by atoms with Gasteiger partial charge in [-0.3, -0.25) is 4.79 Å². The fraction of sp³-hybridized carbons (Fsp3) is 0.417. The van der Waals surface area contributed by atoms with E-state index in [0.717, 1.165) is 37.1 Å². The van der Waals surface area contributed by atoms with E-state index < -0.39 is 0 Å². The molecule has 6 nitrogen and oxygen atoms in total. The Bertz CT molecular complexity index is 864. The topological polar surface area (TPSA) is 88.7 Å². The van der Waals surface area contributed by atoms with Crippen molar-refractivity contribution in [3.63, 3.8) is 0 Å². The molecule has 1 fully saturated rings. The summed E-state index contributed by atoms with van der Waals surface area (Å²) in [5, 5.41) is 6.07. The Morgan fingerprint density at radius 2 is 2.03 bits per heavy atom. The molecule has 31 heavy (non-hydrogen) atoms. The number of nitrogens with one attached hydrogen (secondary N) is 2. The van der Waals surface area contributed by atoms with Crippen LogP contribution in [0.1, 0.15) is 60.5 Å². The lowest BCUT2D eigenvalue weighted by Gasteiger charge is -2.11. The number of benzene rings is 2. The molecular weight excluding hydrogens is 503 g/mol. The van der Waals surface area contributed by atoms with Gasteiger partial charge in [-0.2, -0.15) is 0 Å². The fourth-order valence-corrected chi connectivity index (χ4v) is 3.42. The third kappa shape index (κ3) is 7.81. The number of carbonyl (C=O) groups is 1. The summed E-state index contributed by atoms with van der Waals surface area (Å²) in [6.45, 7) is 6.13. The van der Waals surface area contributed by atoms with E-state index in [1.54, 1.807) is 6.07 Å². The molecule has 0 saturated carbocycles. The average molecular weight is 536 g/mol. The van der Waals surface area contributed by atoms with Gasteiger partial charge < -0.3 is 21.1 Å². The summed E-state index contributed by atoms with van der Waals surface area (Å²) < 4.78 is 5.55. The van der Waals surface area contributed by atoms with Crippen molar-refractivity contribution in [1.82, 2.24) is 5.32 Å². The molecule has 2 atom stereocenters. The van der Waals surface area contributed by atoms with Crippen LogP contribution in [0.3, 0.4) is 0 Å². The first-order valence-electron chi connectivity index (χ1n) is 10.7. The van der Waals surface area contributed by atoms with Crippen molar-refractivity contribution >= 4 is 41.5 Å². The third-order valence-electron chi connectivity index (χ3n) is 5.50. The molecule has 7 heteroatoms. The van der Waals surface area contributed by atoms with E-state index in [2.05, 4.69) is 41.6 Å². The second-order valence-corrected chi connectivity index (χ2v) is 7.80. The normalized spacial score (nSPS) is 17.0. The maximum atomic E-state index is 12.4. The second kappa shape index (κ2) is 12.7. The summed E-state index contributed by atoms with van der Waals surface area (Å²) in [6.07, 6.45) is 3.31. The minimum atomic E-state index is -0.0937. The minimum absolute atomic E-state index is 0. The van der Waals surface area contributed by atoms with Crippen LogP contribution in [0.15, 0.2) is 53.5 Å². The Morgan fingerprint density at radius 1 is 1.26 bits per heavy atom. The monoisotopic (exact) mass is 536 g/mol. The van der Waals surface area contributed by atoms with Gasteiger partial charge in [0.2, 0.25) is 0 Å². The van der Waals surface area contributed by atoms with Crippen LogP contribution in [-0.4, -0.2) is 31.1 Å². The van der Waals surface area contributed by atoms with Crippen molar-refractivity contribution in [1.29, 1.82) is 0 Å². The lowest BCUT2D eigenvalue weighted by Crippen LogP contribution is -2.31. The molecule has 2 aromatic carbocycles. The highest BCUT2D eigenvalue weighted by Crippen LogP contribution is 2.20. The molecule has 0 spiro atoms. The predicted molar refractivity (Wildman–Crippen MR) is 137 cm³/mol. The zero-order valence-electron chi connectivity index (χ0n) is 18.3. The van der Waals surface area contributed by atoms with Crippen molar-refractivity contribution in [2.75, 3.05) is 18.5 Å². The van der Waals surface area contributed by atoms with Gasteiger partial charge >= 0.3 is 0 Å². The van der Waals surface area contributed by atoms with Crippen molar-refractivity contribution in [3.8, 4) is 0 Å². The lowest BCUT2D eigenvalue weighted by atomic mass is 9.99. The Balaban J connectivity index is 0.00000341. The number of nitrogens with two attached hydrogens (primary N) is 1. The third-order valence-corrected chi connectivity index (χ3v) is 5.50. The van der Waals surface area contributed by atoms with Crippen LogP contribution in [-0.2, 0) is 11.3 Å². The highest BCUT2D eigenvalue weighted by atomic mass is 127. The van der Waals surface area contributed by atoms with Crippen molar-refractivity contribution < 1.29 is 9.53 Å². The number of ether oxygens (including phenoxy) is 1. The summed E-state index contributed by atoms with van der Waals surface area (Å²) in [6, 6.07) is 15.7. The summed E-state index contributed by atoms with van der Waals surface area (Å²) in [4.78, 5) is 16.8. The van der Waals surface area contributed by atoms with Crippen LogP contribution in [0.5, 0.6) is 0 Å². The number of guanidine groups is 1. The van der Waals surface area contributed by atoms with E-state index in [1.807, 2.05) is 30.3 Å². The Kier molecular flexibility index (Phi) is 10.3. The molecule has 0 aromatic heterocycles. The zero-order chi connectivity index (χ0) is 21.3. The van der Waals surface area contributed by atoms with Gasteiger partial charge in [-0.05, 0) is 60.6 Å². The molecule has 1 amide bonds. The Labute approximate surface area is 202 Å². The van der Waals surface area contributed by atoms with Gasteiger partial charge in [-0.15, -0.1) is 24.0 Å². The zero-order valence-corrected chi connectivity index (χ0v) is 20.6. The van der Waals surface area contributed by atoms with Gasteiger partial charge in [0.1, 0.15) is 0 Å². The molecule has 0 bridgehead atoms. The van der Waals surface area contributed by atoms with Crippen LogP contribution in [0.4, 0.5) is 5.69 Å². The van der Waals surface area contributed by atoms with Gasteiger partial charge in [-0.1, -0.05) is 38.1 Å². The van der Waals surface area contributed by atoms with Crippen LogP contribution in [0.25, 0.3) is 0 Å². The van der Waals surface area contributed by atoms with Crippen molar-refractivity contribution in [3.05, 3.63) is 65.2 Å². The summed E-state index contributed by atoms with van der Waals surface area (Å²) in [5.41, 5.74) is 9.81. The first kappa shape index (κ1) is 25.1. The smallest absolute Gasteiger partial charge is 0.251 e. The van der Waals surface area contributed by atoms with Crippen LogP contribution in [0, 0.1) is 0 Å². The number of halogens is 1. The molecule has 0 aliphatic carbocycles.